The predicted octanol–water partition coefficient (Wildman–Crippen LogP) is 3.08. The molecule has 1 N–H and O–H groups in total. The molecular weight excluding hydrogens is 298 g/mol. The fourth-order valence-electron chi connectivity index (χ4n) is 1.80. The molecule has 4 nitrogen and oxygen atoms in total. The molecule has 0 aromatic heterocycles. The maximum absolute atomic E-state index is 11.9. The summed E-state index contributed by atoms with van der Waals surface area (Å²) >= 11 is 5.55. The minimum atomic E-state index is -3.26. The lowest BCUT2D eigenvalue weighted by atomic mass is 10.1. The second-order valence-electron chi connectivity index (χ2n) is 4.56. The monoisotopic (exact) mass is 319 g/mol. The number of nitrogens with one attached hydrogen (secondary N) is 1. The Balaban J connectivity index is 2.58. The normalized spacial score (nSPS) is 13.2. The number of rotatable bonds is 9. The fraction of sp³-hybridized carbons (Fsp3) is 0.571. The van der Waals surface area contributed by atoms with E-state index in [2.05, 4.69) is 4.72 Å². The van der Waals surface area contributed by atoms with E-state index >= 15 is 0 Å². The Morgan fingerprint density at radius 1 is 1.25 bits per heavy atom. The van der Waals surface area contributed by atoms with Crippen molar-refractivity contribution in [2.45, 2.75) is 32.7 Å². The maximum Gasteiger partial charge on any atom is 0.212 e. The van der Waals surface area contributed by atoms with Gasteiger partial charge in [-0.3, -0.25) is 0 Å². The van der Waals surface area contributed by atoms with Crippen LogP contribution in [0, 0.1) is 0 Å². The summed E-state index contributed by atoms with van der Waals surface area (Å²) in [6.07, 6.45) is 1.29. The number of alkyl halides is 1. The van der Waals surface area contributed by atoms with Crippen molar-refractivity contribution in [3.05, 3.63) is 29.8 Å². The van der Waals surface area contributed by atoms with Gasteiger partial charge in [0.15, 0.2) is 0 Å². The molecule has 20 heavy (non-hydrogen) atoms. The van der Waals surface area contributed by atoms with E-state index in [0.717, 1.165) is 11.3 Å². The SMILES string of the molecule is CCOc1ccc(C(C)NS(=O)(=O)CCCCCl)cc1. The van der Waals surface area contributed by atoms with Crippen LogP contribution in [0.3, 0.4) is 0 Å². The van der Waals surface area contributed by atoms with Crippen LogP contribution in [0.2, 0.25) is 0 Å². The van der Waals surface area contributed by atoms with Crippen LogP contribution in [0.5, 0.6) is 5.75 Å². The van der Waals surface area contributed by atoms with Crippen LogP contribution in [0.25, 0.3) is 0 Å². The van der Waals surface area contributed by atoms with Gasteiger partial charge >= 0.3 is 0 Å². The Kier molecular flexibility index (Phi) is 7.34. The molecule has 0 radical (unpaired) electrons. The van der Waals surface area contributed by atoms with E-state index in [1.165, 1.54) is 0 Å². The molecule has 0 spiro atoms. The first-order chi connectivity index (χ1) is 9.48. The summed E-state index contributed by atoms with van der Waals surface area (Å²) in [5.74, 6) is 1.39. The summed E-state index contributed by atoms with van der Waals surface area (Å²) in [5, 5.41) is 0. The highest BCUT2D eigenvalue weighted by Crippen LogP contribution is 2.18. The molecule has 1 aromatic carbocycles. The highest BCUT2D eigenvalue weighted by molar-refractivity contribution is 7.89. The van der Waals surface area contributed by atoms with Crippen molar-refractivity contribution in [3.8, 4) is 5.75 Å². The fourth-order valence-corrected chi connectivity index (χ4v) is 3.37. The summed E-state index contributed by atoms with van der Waals surface area (Å²) in [4.78, 5) is 0. The van der Waals surface area contributed by atoms with Crippen LogP contribution >= 0.6 is 11.6 Å². The van der Waals surface area contributed by atoms with E-state index in [9.17, 15) is 8.42 Å². The minimum absolute atomic E-state index is 0.112. The van der Waals surface area contributed by atoms with Gasteiger partial charge in [0.05, 0.1) is 12.4 Å². The third-order valence-electron chi connectivity index (χ3n) is 2.84. The van der Waals surface area contributed by atoms with Crippen molar-refractivity contribution in [3.63, 3.8) is 0 Å². The summed E-state index contributed by atoms with van der Waals surface area (Å²) in [6.45, 7) is 4.36. The third kappa shape index (κ3) is 6.11. The van der Waals surface area contributed by atoms with Crippen molar-refractivity contribution in [1.29, 1.82) is 0 Å². The van der Waals surface area contributed by atoms with Crippen LogP contribution < -0.4 is 9.46 Å². The molecule has 0 saturated carbocycles. The van der Waals surface area contributed by atoms with Crippen LogP contribution in [0.15, 0.2) is 24.3 Å². The van der Waals surface area contributed by atoms with Gasteiger partial charge in [-0.1, -0.05) is 12.1 Å². The summed E-state index contributed by atoms with van der Waals surface area (Å²) in [6, 6.07) is 7.17. The molecule has 1 rings (SSSR count). The number of unbranched alkanes of at least 4 members (excludes halogenated alkanes) is 1. The molecule has 0 amide bonds. The van der Waals surface area contributed by atoms with E-state index in [0.29, 0.717) is 25.3 Å². The Labute approximate surface area is 126 Å². The number of hydrogen-bond acceptors (Lipinski definition) is 3. The van der Waals surface area contributed by atoms with Gasteiger partial charge in [-0.05, 0) is 44.4 Å². The average molecular weight is 320 g/mol. The molecule has 1 atom stereocenters. The van der Waals surface area contributed by atoms with E-state index in [4.69, 9.17) is 16.3 Å². The largest absolute Gasteiger partial charge is 0.494 e. The van der Waals surface area contributed by atoms with E-state index in [1.807, 2.05) is 38.1 Å². The molecule has 0 heterocycles. The first-order valence-corrected chi connectivity index (χ1v) is 8.96. The first kappa shape index (κ1) is 17.3. The lowest BCUT2D eigenvalue weighted by molar-refractivity contribution is 0.340. The number of ether oxygens (including phenoxy) is 1. The Hall–Kier alpha value is -0.780. The van der Waals surface area contributed by atoms with Gasteiger partial charge in [0.1, 0.15) is 5.75 Å². The second kappa shape index (κ2) is 8.49. The number of hydrogen-bond donors (Lipinski definition) is 1. The van der Waals surface area contributed by atoms with Crippen LogP contribution in [0.1, 0.15) is 38.3 Å². The first-order valence-electron chi connectivity index (χ1n) is 6.77. The van der Waals surface area contributed by atoms with Crippen LogP contribution in [0.4, 0.5) is 0 Å². The van der Waals surface area contributed by atoms with E-state index in [-0.39, 0.29) is 11.8 Å². The van der Waals surface area contributed by atoms with Gasteiger partial charge in [0.25, 0.3) is 0 Å². The van der Waals surface area contributed by atoms with Crippen molar-refractivity contribution >= 4 is 21.6 Å². The molecular formula is C14H22ClNO3S. The molecule has 6 heteroatoms. The maximum atomic E-state index is 11.9. The Morgan fingerprint density at radius 3 is 2.45 bits per heavy atom. The van der Waals surface area contributed by atoms with Gasteiger partial charge in [-0.2, -0.15) is 0 Å². The standard InChI is InChI=1S/C14H22ClNO3S/c1-3-19-14-8-6-13(7-9-14)12(2)16-20(17,18)11-5-4-10-15/h6-9,12,16H,3-5,10-11H2,1-2H3. The van der Waals surface area contributed by atoms with Crippen molar-refractivity contribution in [2.24, 2.45) is 0 Å². The number of sulfonamides is 1. The molecule has 0 bridgehead atoms. The molecule has 0 aliphatic carbocycles. The predicted molar refractivity (Wildman–Crippen MR) is 82.9 cm³/mol. The number of benzene rings is 1. The summed E-state index contributed by atoms with van der Waals surface area (Å²) < 4.78 is 31.8. The molecule has 1 aromatic rings. The van der Waals surface area contributed by atoms with E-state index < -0.39 is 10.0 Å². The Bertz CT molecular complexity index is 488. The molecule has 0 fully saturated rings. The van der Waals surface area contributed by atoms with Crippen molar-refractivity contribution in [1.82, 2.24) is 4.72 Å². The smallest absolute Gasteiger partial charge is 0.212 e. The average Bonchev–Trinajstić information content (AvgIpc) is 2.39. The molecule has 0 aliphatic rings. The molecule has 1 unspecified atom stereocenters. The zero-order valence-corrected chi connectivity index (χ0v) is 13.5. The summed E-state index contributed by atoms with van der Waals surface area (Å²) in [7, 11) is -3.26. The van der Waals surface area contributed by atoms with Crippen LogP contribution in [-0.4, -0.2) is 26.7 Å². The van der Waals surface area contributed by atoms with Gasteiger partial charge in [0.2, 0.25) is 10.0 Å². The van der Waals surface area contributed by atoms with Gasteiger partial charge in [-0.25, -0.2) is 13.1 Å². The zero-order chi connectivity index (χ0) is 15.0. The van der Waals surface area contributed by atoms with Crippen molar-refractivity contribution < 1.29 is 13.2 Å². The Morgan fingerprint density at radius 2 is 1.90 bits per heavy atom. The quantitative estimate of drug-likeness (QED) is 0.562. The number of halogens is 1. The third-order valence-corrected chi connectivity index (χ3v) is 4.65. The minimum Gasteiger partial charge on any atom is -0.494 e. The lowest BCUT2D eigenvalue weighted by Gasteiger charge is -2.15. The summed E-state index contributed by atoms with van der Waals surface area (Å²) in [5.41, 5.74) is 0.911. The van der Waals surface area contributed by atoms with Gasteiger partial charge < -0.3 is 4.74 Å². The van der Waals surface area contributed by atoms with Gasteiger partial charge in [0, 0.05) is 11.9 Å². The van der Waals surface area contributed by atoms with Crippen molar-refractivity contribution in [2.75, 3.05) is 18.2 Å². The van der Waals surface area contributed by atoms with Gasteiger partial charge in [-0.15, -0.1) is 11.6 Å². The zero-order valence-electron chi connectivity index (χ0n) is 11.9. The van der Waals surface area contributed by atoms with Crippen LogP contribution in [-0.2, 0) is 10.0 Å². The molecule has 114 valence electrons. The topological polar surface area (TPSA) is 55.4 Å². The van der Waals surface area contributed by atoms with E-state index in [1.54, 1.807) is 0 Å². The highest BCUT2D eigenvalue weighted by Gasteiger charge is 2.15. The lowest BCUT2D eigenvalue weighted by Crippen LogP contribution is -2.29. The molecule has 0 aliphatic heterocycles. The highest BCUT2D eigenvalue weighted by atomic mass is 35.5. The second-order valence-corrected chi connectivity index (χ2v) is 6.81. The molecule has 0 saturated heterocycles.